The number of alkyl halides is 4. The molecular formula is C8H4ClF3INO2. The molecule has 1 aromatic heterocycles. The first-order valence-electron chi connectivity index (χ1n) is 3.83. The Morgan fingerprint density at radius 2 is 2.19 bits per heavy atom. The molecule has 0 aromatic carbocycles. The fraction of sp³-hybridized carbons (Fsp3) is 0.250. The summed E-state index contributed by atoms with van der Waals surface area (Å²) in [6.45, 7) is 0. The third kappa shape index (κ3) is 3.48. The smallest absolute Gasteiger partial charge is 0.387 e. The van der Waals surface area contributed by atoms with E-state index < -0.39 is 12.2 Å². The lowest BCUT2D eigenvalue weighted by Gasteiger charge is -2.11. The molecule has 0 radical (unpaired) electrons. The Morgan fingerprint density at radius 1 is 1.56 bits per heavy atom. The van der Waals surface area contributed by atoms with Gasteiger partial charge in [0.25, 0.3) is 0 Å². The fourth-order valence-corrected chi connectivity index (χ4v) is 1.93. The number of aldehydes is 1. The summed E-state index contributed by atoms with van der Waals surface area (Å²) in [5.74, 6) is -0.691. The number of ether oxygens (including phenoxy) is 1. The molecule has 1 heterocycles. The van der Waals surface area contributed by atoms with Crippen molar-refractivity contribution in [2.75, 3.05) is 0 Å². The number of aromatic nitrogens is 1. The summed E-state index contributed by atoms with van der Waals surface area (Å²) in [6, 6.07) is 1.31. The Labute approximate surface area is 107 Å². The highest BCUT2D eigenvalue weighted by Crippen LogP contribution is 2.29. The van der Waals surface area contributed by atoms with Crippen LogP contribution in [0.15, 0.2) is 6.07 Å². The van der Waals surface area contributed by atoms with Crippen molar-refractivity contribution >= 4 is 40.5 Å². The van der Waals surface area contributed by atoms with Crippen LogP contribution in [0.1, 0.15) is 16.1 Å². The first-order chi connectivity index (χ1) is 7.37. The Morgan fingerprint density at radius 3 is 2.62 bits per heavy atom. The summed E-state index contributed by atoms with van der Waals surface area (Å²) in [6.07, 6.45) is -4.52. The lowest BCUT2D eigenvalue weighted by molar-refractivity contribution is -0.276. The molecular weight excluding hydrogens is 361 g/mol. The van der Waals surface area contributed by atoms with E-state index >= 15 is 0 Å². The van der Waals surface area contributed by atoms with Crippen LogP contribution in [-0.2, 0) is 5.88 Å². The minimum atomic E-state index is -4.85. The van der Waals surface area contributed by atoms with Gasteiger partial charge in [-0.1, -0.05) is 0 Å². The van der Waals surface area contributed by atoms with Crippen molar-refractivity contribution in [3.05, 3.63) is 20.9 Å². The molecule has 0 aliphatic heterocycles. The van der Waals surface area contributed by atoms with Gasteiger partial charge in [0.2, 0.25) is 5.88 Å². The van der Waals surface area contributed by atoms with Crippen molar-refractivity contribution in [1.82, 2.24) is 4.98 Å². The van der Waals surface area contributed by atoms with Gasteiger partial charge in [0, 0.05) is 5.88 Å². The SMILES string of the molecule is O=Cc1cc(CCl)c(I)c(OC(F)(F)F)n1. The highest BCUT2D eigenvalue weighted by atomic mass is 127. The number of carbonyl (C=O) groups is 1. The van der Waals surface area contributed by atoms with Crippen LogP contribution in [0, 0.1) is 3.57 Å². The summed E-state index contributed by atoms with van der Waals surface area (Å²) in [5.41, 5.74) is 0.203. The number of halogens is 5. The molecule has 0 aliphatic rings. The molecule has 1 aromatic rings. The second kappa shape index (κ2) is 5.17. The molecule has 88 valence electrons. The zero-order valence-corrected chi connectivity index (χ0v) is 10.4. The summed E-state index contributed by atoms with van der Waals surface area (Å²) < 4.78 is 39.8. The number of hydrogen-bond donors (Lipinski definition) is 0. The monoisotopic (exact) mass is 365 g/mol. The average molecular weight is 365 g/mol. The first kappa shape index (κ1) is 13.5. The van der Waals surface area contributed by atoms with Gasteiger partial charge in [0.1, 0.15) is 5.69 Å². The maximum atomic E-state index is 12.0. The fourth-order valence-electron chi connectivity index (χ4n) is 0.913. The van der Waals surface area contributed by atoms with Gasteiger partial charge >= 0.3 is 6.36 Å². The van der Waals surface area contributed by atoms with Gasteiger partial charge in [-0.25, -0.2) is 4.98 Å². The van der Waals surface area contributed by atoms with Crippen molar-refractivity contribution in [2.24, 2.45) is 0 Å². The molecule has 0 fully saturated rings. The Hall–Kier alpha value is -0.570. The number of nitrogens with zero attached hydrogens (tertiary/aromatic N) is 1. The molecule has 0 bridgehead atoms. The molecule has 0 atom stereocenters. The summed E-state index contributed by atoms with van der Waals surface area (Å²) >= 11 is 7.15. The largest absolute Gasteiger partial charge is 0.574 e. The van der Waals surface area contributed by atoms with Crippen molar-refractivity contribution in [2.45, 2.75) is 12.2 Å². The van der Waals surface area contributed by atoms with Gasteiger partial charge in [-0.2, -0.15) is 0 Å². The van der Waals surface area contributed by atoms with E-state index in [0.717, 1.165) is 0 Å². The maximum absolute atomic E-state index is 12.0. The highest BCUT2D eigenvalue weighted by Gasteiger charge is 2.33. The van der Waals surface area contributed by atoms with Gasteiger partial charge in [-0.3, -0.25) is 4.79 Å². The Kier molecular flexibility index (Phi) is 4.36. The third-order valence-corrected chi connectivity index (χ3v) is 2.94. The van der Waals surface area contributed by atoms with Crippen LogP contribution in [-0.4, -0.2) is 17.6 Å². The predicted molar refractivity (Wildman–Crippen MR) is 58.6 cm³/mol. The normalized spacial score (nSPS) is 11.3. The minimum Gasteiger partial charge on any atom is -0.387 e. The lowest BCUT2D eigenvalue weighted by atomic mass is 10.2. The molecule has 0 saturated carbocycles. The summed E-state index contributed by atoms with van der Waals surface area (Å²) in [4.78, 5) is 13.9. The molecule has 1 rings (SSSR count). The lowest BCUT2D eigenvalue weighted by Crippen LogP contribution is -2.19. The number of pyridine rings is 1. The van der Waals surface area contributed by atoms with E-state index in [2.05, 4.69) is 9.72 Å². The molecule has 0 spiro atoms. The number of hydrogen-bond acceptors (Lipinski definition) is 3. The van der Waals surface area contributed by atoms with E-state index in [1.165, 1.54) is 6.07 Å². The standard InChI is InChI=1S/C8H4ClF3INO2/c9-2-4-1-5(3-15)14-7(6(4)13)16-8(10,11)12/h1,3H,2H2. The van der Waals surface area contributed by atoms with Gasteiger partial charge in [-0.15, -0.1) is 24.8 Å². The van der Waals surface area contributed by atoms with Crippen LogP contribution in [0.5, 0.6) is 5.88 Å². The molecule has 0 unspecified atom stereocenters. The van der Waals surface area contributed by atoms with Crippen molar-refractivity contribution < 1.29 is 22.7 Å². The van der Waals surface area contributed by atoms with Crippen LogP contribution in [0.25, 0.3) is 0 Å². The highest BCUT2D eigenvalue weighted by molar-refractivity contribution is 14.1. The van der Waals surface area contributed by atoms with Gasteiger partial charge in [0.15, 0.2) is 6.29 Å². The molecule has 0 saturated heterocycles. The quantitative estimate of drug-likeness (QED) is 0.469. The molecule has 0 N–H and O–H groups in total. The average Bonchev–Trinajstić information content (AvgIpc) is 2.19. The number of rotatable bonds is 3. The van der Waals surface area contributed by atoms with Crippen LogP contribution in [0.3, 0.4) is 0 Å². The molecule has 16 heavy (non-hydrogen) atoms. The van der Waals surface area contributed by atoms with E-state index in [-0.39, 0.29) is 15.1 Å². The van der Waals surface area contributed by atoms with E-state index in [4.69, 9.17) is 11.6 Å². The van der Waals surface area contributed by atoms with Crippen molar-refractivity contribution in [3.8, 4) is 5.88 Å². The van der Waals surface area contributed by atoms with Gasteiger partial charge < -0.3 is 4.74 Å². The van der Waals surface area contributed by atoms with Crippen LogP contribution >= 0.6 is 34.2 Å². The zero-order valence-electron chi connectivity index (χ0n) is 7.52. The van der Waals surface area contributed by atoms with E-state index in [1.54, 1.807) is 22.6 Å². The van der Waals surface area contributed by atoms with E-state index in [0.29, 0.717) is 11.8 Å². The van der Waals surface area contributed by atoms with E-state index in [9.17, 15) is 18.0 Å². The minimum absolute atomic E-state index is 0.0319. The first-order valence-corrected chi connectivity index (χ1v) is 5.45. The maximum Gasteiger partial charge on any atom is 0.574 e. The third-order valence-electron chi connectivity index (χ3n) is 1.50. The van der Waals surface area contributed by atoms with Crippen molar-refractivity contribution in [3.63, 3.8) is 0 Å². The van der Waals surface area contributed by atoms with Crippen LogP contribution in [0.2, 0.25) is 0 Å². The molecule has 8 heteroatoms. The Balaban J connectivity index is 3.21. The second-order valence-electron chi connectivity index (χ2n) is 2.62. The van der Waals surface area contributed by atoms with Crippen molar-refractivity contribution in [1.29, 1.82) is 0 Å². The Bertz CT molecular complexity index is 411. The second-order valence-corrected chi connectivity index (χ2v) is 3.97. The summed E-state index contributed by atoms with van der Waals surface area (Å²) in [7, 11) is 0. The van der Waals surface area contributed by atoms with Crippen LogP contribution in [0.4, 0.5) is 13.2 Å². The molecule has 0 aliphatic carbocycles. The topological polar surface area (TPSA) is 39.2 Å². The molecule has 0 amide bonds. The summed E-state index contributed by atoms with van der Waals surface area (Å²) in [5, 5.41) is 0. The molecule has 3 nitrogen and oxygen atoms in total. The van der Waals surface area contributed by atoms with Crippen LogP contribution < -0.4 is 4.74 Å². The van der Waals surface area contributed by atoms with Gasteiger partial charge in [0.05, 0.1) is 3.57 Å². The predicted octanol–water partition coefficient (Wildman–Crippen LogP) is 3.14. The van der Waals surface area contributed by atoms with E-state index in [1.807, 2.05) is 0 Å². The zero-order chi connectivity index (χ0) is 12.3. The van der Waals surface area contributed by atoms with Gasteiger partial charge in [-0.05, 0) is 34.2 Å². The number of carbonyl (C=O) groups excluding carboxylic acids is 1.